The molecule has 3 rings (SSSR count). The van der Waals surface area contributed by atoms with Crippen LogP contribution in [-0.4, -0.2) is 30.0 Å². The van der Waals surface area contributed by atoms with Gasteiger partial charge in [0.25, 0.3) is 0 Å². The number of hydrogen-bond donors (Lipinski definition) is 1. The molecule has 0 spiro atoms. The maximum atomic E-state index is 9.24. The summed E-state index contributed by atoms with van der Waals surface area (Å²) >= 11 is 0. The van der Waals surface area contributed by atoms with Crippen LogP contribution in [0.15, 0.2) is 60.1 Å². The van der Waals surface area contributed by atoms with Gasteiger partial charge >= 0.3 is 0 Å². The van der Waals surface area contributed by atoms with Crippen LogP contribution in [0.3, 0.4) is 0 Å². The highest BCUT2D eigenvalue weighted by atomic mass is 16.5. The first kappa shape index (κ1) is 17.7. The van der Waals surface area contributed by atoms with E-state index in [1.165, 1.54) is 5.57 Å². The summed E-state index contributed by atoms with van der Waals surface area (Å²) in [6, 6.07) is 11.6. The molecule has 0 atom stereocenters. The molecule has 2 heterocycles. The molecule has 1 aromatic carbocycles. The number of benzene rings is 1. The van der Waals surface area contributed by atoms with E-state index in [0.29, 0.717) is 17.9 Å². The number of likely N-dealkylation sites (N-methyl/N-ethyl adjacent to an activating group) is 1. The Balaban J connectivity index is 1.97. The molecular formula is C21H22N4O. The predicted octanol–water partition coefficient (Wildman–Crippen LogP) is 3.23. The van der Waals surface area contributed by atoms with Gasteiger partial charge in [-0.15, -0.1) is 0 Å². The second kappa shape index (κ2) is 7.85. The van der Waals surface area contributed by atoms with Crippen molar-refractivity contribution in [3.8, 4) is 23.1 Å². The van der Waals surface area contributed by atoms with Crippen molar-refractivity contribution in [1.29, 1.82) is 5.26 Å². The van der Waals surface area contributed by atoms with Crippen molar-refractivity contribution < 1.29 is 4.74 Å². The van der Waals surface area contributed by atoms with Gasteiger partial charge in [0.05, 0.1) is 17.3 Å². The minimum absolute atomic E-state index is 0.550. The topological polar surface area (TPSA) is 75.2 Å². The Morgan fingerprint density at radius 2 is 2.12 bits per heavy atom. The number of hydrogen-bond acceptors (Lipinski definition) is 5. The summed E-state index contributed by atoms with van der Waals surface area (Å²) in [5, 5.41) is 9.24. The third-order valence-electron chi connectivity index (χ3n) is 4.23. The van der Waals surface area contributed by atoms with Gasteiger partial charge in [-0.25, -0.2) is 0 Å². The Labute approximate surface area is 154 Å². The zero-order valence-corrected chi connectivity index (χ0v) is 15.1. The first-order valence-corrected chi connectivity index (χ1v) is 8.56. The Morgan fingerprint density at radius 3 is 2.77 bits per heavy atom. The molecular weight excluding hydrogens is 324 g/mol. The molecule has 0 saturated carbocycles. The van der Waals surface area contributed by atoms with Crippen molar-refractivity contribution in [2.75, 3.05) is 20.1 Å². The lowest BCUT2D eigenvalue weighted by Gasteiger charge is -2.26. The molecule has 1 aliphatic heterocycles. The number of rotatable bonds is 5. The number of nitrogens with two attached hydrogens (primary N) is 1. The van der Waals surface area contributed by atoms with Crippen LogP contribution in [0, 0.1) is 11.3 Å². The summed E-state index contributed by atoms with van der Waals surface area (Å²) in [7, 11) is 1.98. The van der Waals surface area contributed by atoms with Gasteiger partial charge in [-0.2, -0.15) is 5.26 Å². The lowest BCUT2D eigenvalue weighted by atomic mass is 10.1. The summed E-state index contributed by atoms with van der Waals surface area (Å²) in [4.78, 5) is 6.58. The Morgan fingerprint density at radius 1 is 1.27 bits per heavy atom. The second-order valence-corrected chi connectivity index (χ2v) is 6.39. The summed E-state index contributed by atoms with van der Waals surface area (Å²) < 4.78 is 6.15. The summed E-state index contributed by atoms with van der Waals surface area (Å²) in [5.74, 6) is 1.36. The normalized spacial score (nSPS) is 13.7. The highest BCUT2D eigenvalue weighted by Crippen LogP contribution is 2.32. The van der Waals surface area contributed by atoms with Gasteiger partial charge in [0.2, 0.25) is 0 Å². The van der Waals surface area contributed by atoms with Gasteiger partial charge in [-0.05, 0) is 55.8 Å². The van der Waals surface area contributed by atoms with E-state index in [1.807, 2.05) is 48.5 Å². The number of nitriles is 1. The predicted molar refractivity (Wildman–Crippen MR) is 102 cm³/mol. The lowest BCUT2D eigenvalue weighted by molar-refractivity contribution is 0.258. The molecule has 2 N–H and O–H groups in total. The quantitative estimate of drug-likeness (QED) is 0.899. The minimum Gasteiger partial charge on any atom is -0.440 e. The highest BCUT2D eigenvalue weighted by molar-refractivity contribution is 5.69. The fraction of sp³-hybridized carbons (Fsp3) is 0.238. The van der Waals surface area contributed by atoms with E-state index in [2.05, 4.69) is 18.0 Å². The van der Waals surface area contributed by atoms with E-state index in [1.54, 1.807) is 12.1 Å². The molecule has 0 radical (unpaired) electrons. The van der Waals surface area contributed by atoms with E-state index in [9.17, 15) is 5.26 Å². The van der Waals surface area contributed by atoms with Crippen LogP contribution in [0.1, 0.15) is 18.1 Å². The van der Waals surface area contributed by atoms with Crippen LogP contribution in [-0.2, 0) is 6.42 Å². The van der Waals surface area contributed by atoms with Gasteiger partial charge in [-0.3, -0.25) is 4.98 Å². The van der Waals surface area contributed by atoms with Crippen molar-refractivity contribution in [3.05, 3.63) is 71.3 Å². The SMILES string of the molecule is CC1=CC=C(Oc2cc(C#N)ccc2-c2ccc(CCN)cn2)N(C)C1. The average Bonchev–Trinajstić information content (AvgIpc) is 2.65. The van der Waals surface area contributed by atoms with Crippen molar-refractivity contribution in [2.24, 2.45) is 5.73 Å². The van der Waals surface area contributed by atoms with E-state index in [-0.39, 0.29) is 0 Å². The van der Waals surface area contributed by atoms with Gasteiger partial charge in [0, 0.05) is 25.4 Å². The van der Waals surface area contributed by atoms with E-state index < -0.39 is 0 Å². The second-order valence-electron chi connectivity index (χ2n) is 6.39. The Hall–Kier alpha value is -3.10. The molecule has 0 unspecified atom stereocenters. The largest absolute Gasteiger partial charge is 0.440 e. The summed E-state index contributed by atoms with van der Waals surface area (Å²) in [6.45, 7) is 3.49. The molecule has 1 aliphatic rings. The molecule has 0 bridgehead atoms. The van der Waals surface area contributed by atoms with Gasteiger partial charge in [0.15, 0.2) is 5.88 Å². The van der Waals surface area contributed by atoms with E-state index in [4.69, 9.17) is 10.5 Å². The van der Waals surface area contributed by atoms with Crippen molar-refractivity contribution in [3.63, 3.8) is 0 Å². The molecule has 1 aromatic heterocycles. The van der Waals surface area contributed by atoms with Crippen LogP contribution in [0.25, 0.3) is 11.3 Å². The molecule has 0 aliphatic carbocycles. The summed E-state index contributed by atoms with van der Waals surface area (Å²) in [6.07, 6.45) is 6.62. The third-order valence-corrected chi connectivity index (χ3v) is 4.23. The molecule has 5 heteroatoms. The minimum atomic E-state index is 0.550. The molecule has 132 valence electrons. The van der Waals surface area contributed by atoms with E-state index in [0.717, 1.165) is 35.7 Å². The van der Waals surface area contributed by atoms with Gasteiger partial charge in [-0.1, -0.05) is 17.7 Å². The monoisotopic (exact) mass is 346 g/mol. The van der Waals surface area contributed by atoms with Crippen LogP contribution in [0.4, 0.5) is 0 Å². The van der Waals surface area contributed by atoms with E-state index >= 15 is 0 Å². The summed E-state index contributed by atoms with van der Waals surface area (Å²) in [5.41, 5.74) is 10.2. The Bertz CT molecular complexity index is 891. The molecule has 0 saturated heterocycles. The van der Waals surface area contributed by atoms with Crippen molar-refractivity contribution >= 4 is 0 Å². The van der Waals surface area contributed by atoms with Crippen LogP contribution in [0.2, 0.25) is 0 Å². The van der Waals surface area contributed by atoms with Crippen LogP contribution < -0.4 is 10.5 Å². The smallest absolute Gasteiger partial charge is 0.196 e. The van der Waals surface area contributed by atoms with Gasteiger partial charge in [0.1, 0.15) is 5.75 Å². The first-order chi connectivity index (χ1) is 12.6. The standard InChI is InChI=1S/C21H22N4O/c1-15-3-8-21(25(2)14-15)26-20-11-17(12-23)4-6-18(20)19-7-5-16(9-10-22)13-24-19/h3-8,11,13H,9-10,14,22H2,1-2H3. The number of nitrogens with zero attached hydrogens (tertiary/aromatic N) is 3. The zero-order valence-electron chi connectivity index (χ0n) is 15.1. The average molecular weight is 346 g/mol. The molecule has 26 heavy (non-hydrogen) atoms. The molecule has 0 fully saturated rings. The van der Waals surface area contributed by atoms with Crippen molar-refractivity contribution in [2.45, 2.75) is 13.3 Å². The number of aromatic nitrogens is 1. The lowest BCUT2D eigenvalue weighted by Crippen LogP contribution is -2.25. The maximum absolute atomic E-state index is 9.24. The van der Waals surface area contributed by atoms with Crippen LogP contribution >= 0.6 is 0 Å². The molecule has 2 aromatic rings. The third kappa shape index (κ3) is 3.93. The van der Waals surface area contributed by atoms with Crippen molar-refractivity contribution in [1.82, 2.24) is 9.88 Å². The number of allylic oxidation sites excluding steroid dienone is 2. The first-order valence-electron chi connectivity index (χ1n) is 8.56. The highest BCUT2D eigenvalue weighted by Gasteiger charge is 2.15. The number of ether oxygens (including phenoxy) is 1. The fourth-order valence-corrected chi connectivity index (χ4v) is 2.86. The zero-order chi connectivity index (χ0) is 18.5. The maximum Gasteiger partial charge on any atom is 0.196 e. The molecule has 5 nitrogen and oxygen atoms in total. The fourth-order valence-electron chi connectivity index (χ4n) is 2.86. The number of pyridine rings is 1. The molecule has 0 amide bonds. The van der Waals surface area contributed by atoms with Crippen LogP contribution in [0.5, 0.6) is 5.75 Å². The van der Waals surface area contributed by atoms with Gasteiger partial charge < -0.3 is 15.4 Å². The Kier molecular flexibility index (Phi) is 5.35.